The molecule has 4 aromatic rings. The number of benzene rings is 3. The fraction of sp³-hybridized carbons (Fsp3) is 0.154. The molecular weight excluding hydrogens is 490 g/mol. The fourth-order valence-corrected chi connectivity index (χ4v) is 9.60. The number of hydrogen-bond acceptors (Lipinski definition) is 1. The molecule has 1 aliphatic rings. The third kappa shape index (κ3) is 3.34. The fourth-order valence-electron chi connectivity index (χ4n) is 4.52. The van der Waals surface area contributed by atoms with Crippen LogP contribution in [0.15, 0.2) is 65.1 Å². The van der Waals surface area contributed by atoms with E-state index in [1.807, 2.05) is 19.1 Å². The molecule has 0 radical (unpaired) electrons. The molecule has 0 fully saturated rings. The summed E-state index contributed by atoms with van der Waals surface area (Å²) in [6.07, 6.45) is 2.26. The zero-order valence-corrected chi connectivity index (χ0v) is 21.1. The second kappa shape index (κ2) is 7.83. The van der Waals surface area contributed by atoms with Crippen LogP contribution in [-0.4, -0.2) is 0 Å². The Bertz CT molecular complexity index is 1320. The Balaban J connectivity index is 1.78. The third-order valence-corrected chi connectivity index (χ3v) is 11.3. The van der Waals surface area contributed by atoms with Crippen molar-refractivity contribution in [3.8, 4) is 11.1 Å². The standard InChI is InChI=1S/C26H21O.2ClH.Zr/c1-16-12-22-14-23(25-11-8-17(2)27-25)15-24(22)26(18(16)3)21-10-9-19-6-4-5-7-20(19)13-21;;;/h4-15H,1-3H3;2*1H;/q;;;+2/p-2. The van der Waals surface area contributed by atoms with Crippen molar-refractivity contribution in [2.75, 3.05) is 0 Å². The minimum atomic E-state index is -2.67. The number of hydrogen-bond donors (Lipinski definition) is 0. The van der Waals surface area contributed by atoms with E-state index in [4.69, 9.17) is 21.4 Å². The van der Waals surface area contributed by atoms with Gasteiger partial charge in [0.05, 0.1) is 0 Å². The number of aryl methyl sites for hydroxylation is 2. The van der Waals surface area contributed by atoms with Crippen LogP contribution in [0.25, 0.3) is 33.5 Å². The number of allylic oxidation sites excluding steroid dienone is 1. The summed E-state index contributed by atoms with van der Waals surface area (Å²) in [5.74, 6) is 1.78. The number of halogens is 2. The van der Waals surface area contributed by atoms with E-state index in [-0.39, 0.29) is 3.63 Å². The molecule has 149 valence electrons. The maximum absolute atomic E-state index is 6.71. The second-order valence-corrected chi connectivity index (χ2v) is 16.8. The van der Waals surface area contributed by atoms with Gasteiger partial charge in [-0.25, -0.2) is 0 Å². The van der Waals surface area contributed by atoms with E-state index >= 15 is 0 Å². The van der Waals surface area contributed by atoms with Crippen LogP contribution in [0.3, 0.4) is 0 Å². The quantitative estimate of drug-likeness (QED) is 0.269. The summed E-state index contributed by atoms with van der Waals surface area (Å²) in [4.78, 5) is 0. The molecule has 0 amide bonds. The van der Waals surface area contributed by atoms with Gasteiger partial charge >= 0.3 is 193 Å². The van der Waals surface area contributed by atoms with E-state index in [2.05, 4.69) is 68.5 Å². The van der Waals surface area contributed by atoms with Gasteiger partial charge in [-0.15, -0.1) is 0 Å². The molecule has 0 saturated heterocycles. The third-order valence-electron chi connectivity index (χ3n) is 6.12. The molecule has 1 unspecified atom stereocenters. The first-order chi connectivity index (χ1) is 14.4. The average molecular weight is 512 g/mol. The molecule has 0 bridgehead atoms. The topological polar surface area (TPSA) is 13.1 Å². The van der Waals surface area contributed by atoms with Crippen molar-refractivity contribution >= 4 is 39.4 Å². The summed E-state index contributed by atoms with van der Waals surface area (Å²) >= 11 is -2.67. The molecule has 1 heterocycles. The summed E-state index contributed by atoms with van der Waals surface area (Å²) in [5.41, 5.74) is 8.69. The van der Waals surface area contributed by atoms with Crippen molar-refractivity contribution in [1.82, 2.24) is 0 Å². The van der Waals surface area contributed by atoms with Gasteiger partial charge < -0.3 is 0 Å². The van der Waals surface area contributed by atoms with Crippen molar-refractivity contribution in [3.05, 3.63) is 94.4 Å². The predicted molar refractivity (Wildman–Crippen MR) is 125 cm³/mol. The first-order valence-corrected chi connectivity index (χ1v) is 17.8. The predicted octanol–water partition coefficient (Wildman–Crippen LogP) is 8.55. The van der Waals surface area contributed by atoms with E-state index in [1.54, 1.807) is 0 Å². The van der Waals surface area contributed by atoms with Crippen LogP contribution >= 0.6 is 17.0 Å². The van der Waals surface area contributed by atoms with Crippen LogP contribution < -0.4 is 0 Å². The SMILES string of the molecule is Cc1ccc(C2=Cc3c(cc(C)c(C)c3-c3ccc4ccccc4c3)[CH]2[Zr]([Cl])[Cl])o1. The zero-order valence-electron chi connectivity index (χ0n) is 17.1. The molecule has 3 aromatic carbocycles. The van der Waals surface area contributed by atoms with Gasteiger partial charge in [0, 0.05) is 0 Å². The second-order valence-electron chi connectivity index (χ2n) is 7.99. The zero-order chi connectivity index (χ0) is 21.0. The Kier molecular flexibility index (Phi) is 5.30. The van der Waals surface area contributed by atoms with E-state index in [1.165, 1.54) is 44.2 Å². The van der Waals surface area contributed by atoms with Crippen LogP contribution in [0.5, 0.6) is 0 Å². The van der Waals surface area contributed by atoms with Crippen molar-refractivity contribution in [2.45, 2.75) is 24.4 Å². The molecule has 1 atom stereocenters. The minimum absolute atomic E-state index is 0.0785. The van der Waals surface area contributed by atoms with Gasteiger partial charge in [0.25, 0.3) is 0 Å². The summed E-state index contributed by atoms with van der Waals surface area (Å²) in [6.45, 7) is 6.36. The first-order valence-electron chi connectivity index (χ1n) is 10.0. The van der Waals surface area contributed by atoms with E-state index < -0.39 is 19.4 Å². The summed E-state index contributed by atoms with van der Waals surface area (Å²) in [7, 11) is 13.4. The normalized spacial score (nSPS) is 15.4. The Labute approximate surface area is 192 Å². The summed E-state index contributed by atoms with van der Waals surface area (Å²) < 4.78 is 6.07. The van der Waals surface area contributed by atoms with Gasteiger partial charge in [-0.1, -0.05) is 0 Å². The van der Waals surface area contributed by atoms with Gasteiger partial charge in [0.1, 0.15) is 0 Å². The molecule has 0 spiro atoms. The molecule has 30 heavy (non-hydrogen) atoms. The maximum atomic E-state index is 6.71. The monoisotopic (exact) mass is 509 g/mol. The molecular formula is C26H21Cl2OZr. The average Bonchev–Trinajstić information content (AvgIpc) is 3.32. The summed E-state index contributed by atoms with van der Waals surface area (Å²) in [6, 6.07) is 21.5. The van der Waals surface area contributed by atoms with Gasteiger partial charge in [-0.3, -0.25) is 0 Å². The van der Waals surface area contributed by atoms with Crippen molar-refractivity contribution in [3.63, 3.8) is 0 Å². The Morgan fingerprint density at radius 2 is 1.63 bits per heavy atom. The number of furan rings is 1. The molecule has 0 N–H and O–H groups in total. The van der Waals surface area contributed by atoms with E-state index in [0.29, 0.717) is 0 Å². The first kappa shape index (κ1) is 20.3. The molecule has 4 heteroatoms. The number of fused-ring (bicyclic) bond motifs is 2. The number of rotatable bonds is 3. The Hall–Kier alpha value is -1.60. The van der Waals surface area contributed by atoms with Crippen molar-refractivity contribution in [2.24, 2.45) is 0 Å². The van der Waals surface area contributed by atoms with Gasteiger partial charge in [0.15, 0.2) is 0 Å². The van der Waals surface area contributed by atoms with Crippen molar-refractivity contribution < 1.29 is 23.8 Å². The Morgan fingerprint density at radius 3 is 2.33 bits per heavy atom. The van der Waals surface area contributed by atoms with Crippen LogP contribution in [0, 0.1) is 20.8 Å². The van der Waals surface area contributed by atoms with Crippen LogP contribution in [0.4, 0.5) is 0 Å². The van der Waals surface area contributed by atoms with Crippen LogP contribution in [0.1, 0.15) is 37.4 Å². The van der Waals surface area contributed by atoms with Gasteiger partial charge in [-0.2, -0.15) is 0 Å². The molecule has 0 saturated carbocycles. The molecule has 1 nitrogen and oxygen atoms in total. The van der Waals surface area contributed by atoms with Gasteiger partial charge in [-0.05, 0) is 0 Å². The molecule has 0 aliphatic heterocycles. The van der Waals surface area contributed by atoms with Gasteiger partial charge in [0.2, 0.25) is 0 Å². The van der Waals surface area contributed by atoms with E-state index in [0.717, 1.165) is 17.1 Å². The van der Waals surface area contributed by atoms with Crippen molar-refractivity contribution in [1.29, 1.82) is 0 Å². The molecule has 5 rings (SSSR count). The Morgan fingerprint density at radius 1 is 0.867 bits per heavy atom. The van der Waals surface area contributed by atoms with Crippen LogP contribution in [0.2, 0.25) is 0 Å². The van der Waals surface area contributed by atoms with Crippen LogP contribution in [-0.2, 0) is 19.4 Å². The molecule has 1 aromatic heterocycles. The summed E-state index contributed by atoms with van der Waals surface area (Å²) in [5, 5.41) is 2.50. The van der Waals surface area contributed by atoms with E-state index in [9.17, 15) is 0 Å². The molecule has 1 aliphatic carbocycles.